The van der Waals surface area contributed by atoms with Gasteiger partial charge in [-0.3, -0.25) is 0 Å². The quantitative estimate of drug-likeness (QED) is 0.869. The van der Waals surface area contributed by atoms with Crippen LogP contribution in [0.1, 0.15) is 22.8 Å². The first-order chi connectivity index (χ1) is 8.22. The number of hydrogen-bond donors (Lipinski definition) is 1. The molecule has 90 valence electrons. The predicted octanol–water partition coefficient (Wildman–Crippen LogP) is 1.82. The van der Waals surface area contributed by atoms with Crippen LogP contribution >= 0.6 is 0 Å². The Bertz CT molecular complexity index is 486. The molecule has 0 amide bonds. The van der Waals surface area contributed by atoms with Gasteiger partial charge in [-0.15, -0.1) is 0 Å². The Morgan fingerprint density at radius 3 is 2.59 bits per heavy atom. The lowest BCUT2D eigenvalue weighted by Crippen LogP contribution is -2.08. The van der Waals surface area contributed by atoms with Crippen molar-refractivity contribution >= 4 is 0 Å². The van der Waals surface area contributed by atoms with Gasteiger partial charge in [-0.2, -0.15) is 0 Å². The van der Waals surface area contributed by atoms with Gasteiger partial charge in [0.05, 0.1) is 5.69 Å². The third kappa shape index (κ3) is 2.56. The normalized spacial score (nSPS) is 10.8. The highest BCUT2D eigenvalue weighted by Crippen LogP contribution is 2.14. The molecule has 17 heavy (non-hydrogen) atoms. The van der Waals surface area contributed by atoms with Crippen LogP contribution in [0, 0.1) is 6.92 Å². The van der Waals surface area contributed by atoms with Crippen LogP contribution in [0.3, 0.4) is 0 Å². The summed E-state index contributed by atoms with van der Waals surface area (Å²) in [5.74, 6) is 1.08. The Balaban J connectivity index is 2.25. The topological polar surface area (TPSA) is 43.8 Å². The van der Waals surface area contributed by atoms with E-state index in [1.54, 1.807) is 0 Å². The van der Waals surface area contributed by atoms with Crippen molar-refractivity contribution in [1.82, 2.24) is 9.55 Å². The molecule has 0 saturated heterocycles. The van der Waals surface area contributed by atoms with E-state index in [2.05, 4.69) is 47.8 Å². The first kappa shape index (κ1) is 11.9. The average molecular weight is 229 g/mol. The van der Waals surface area contributed by atoms with Crippen LogP contribution in [0.2, 0.25) is 0 Å². The lowest BCUT2D eigenvalue weighted by molar-refractivity contribution is 0.761. The Kier molecular flexibility index (Phi) is 3.59. The van der Waals surface area contributed by atoms with Crippen LogP contribution < -0.4 is 5.73 Å². The number of rotatable bonds is 4. The third-order valence-electron chi connectivity index (χ3n) is 3.15. The molecule has 2 rings (SSSR count). The largest absolute Gasteiger partial charge is 0.335 e. The van der Waals surface area contributed by atoms with Crippen molar-refractivity contribution in [2.45, 2.75) is 19.8 Å². The van der Waals surface area contributed by atoms with E-state index in [-0.39, 0.29) is 0 Å². The summed E-state index contributed by atoms with van der Waals surface area (Å²) in [6.45, 7) is 2.76. The lowest BCUT2D eigenvalue weighted by atomic mass is 10.1. The SMILES string of the molecule is Cc1c(Cc2ccccc2)nc(CCN)n1C. The van der Waals surface area contributed by atoms with Gasteiger partial charge in [-0.05, 0) is 19.0 Å². The molecule has 0 radical (unpaired) electrons. The molecule has 0 saturated carbocycles. The summed E-state index contributed by atoms with van der Waals surface area (Å²) < 4.78 is 2.14. The second-order valence-electron chi connectivity index (χ2n) is 4.32. The standard InChI is InChI=1S/C14H19N3/c1-11-13(10-12-6-4-3-5-7-12)16-14(8-9-15)17(11)2/h3-7H,8-10,15H2,1-2H3. The molecule has 1 heterocycles. The number of benzene rings is 1. The highest BCUT2D eigenvalue weighted by atomic mass is 15.1. The van der Waals surface area contributed by atoms with Crippen molar-refractivity contribution in [2.24, 2.45) is 12.8 Å². The molecule has 3 heteroatoms. The van der Waals surface area contributed by atoms with Crippen molar-refractivity contribution in [1.29, 1.82) is 0 Å². The van der Waals surface area contributed by atoms with E-state index in [0.29, 0.717) is 6.54 Å². The van der Waals surface area contributed by atoms with Crippen LogP contribution in [-0.4, -0.2) is 16.1 Å². The molecule has 0 aliphatic rings. The monoisotopic (exact) mass is 229 g/mol. The number of nitrogens with two attached hydrogens (primary N) is 1. The second-order valence-corrected chi connectivity index (χ2v) is 4.32. The minimum absolute atomic E-state index is 0.648. The van der Waals surface area contributed by atoms with E-state index >= 15 is 0 Å². The molecule has 0 atom stereocenters. The molecule has 2 aromatic rings. The summed E-state index contributed by atoms with van der Waals surface area (Å²) >= 11 is 0. The van der Waals surface area contributed by atoms with Crippen molar-refractivity contribution < 1.29 is 0 Å². The zero-order valence-corrected chi connectivity index (χ0v) is 10.5. The van der Waals surface area contributed by atoms with Gasteiger partial charge in [0.25, 0.3) is 0 Å². The van der Waals surface area contributed by atoms with Gasteiger partial charge in [0.1, 0.15) is 5.82 Å². The molecule has 1 aromatic heterocycles. The minimum Gasteiger partial charge on any atom is -0.335 e. The Morgan fingerprint density at radius 1 is 1.24 bits per heavy atom. The number of imidazole rings is 1. The van der Waals surface area contributed by atoms with Crippen LogP contribution in [0.5, 0.6) is 0 Å². The fraction of sp³-hybridized carbons (Fsp3) is 0.357. The molecule has 0 fully saturated rings. The third-order valence-corrected chi connectivity index (χ3v) is 3.15. The highest BCUT2D eigenvalue weighted by molar-refractivity contribution is 5.25. The molecule has 2 N–H and O–H groups in total. The van der Waals surface area contributed by atoms with E-state index in [1.807, 2.05) is 6.07 Å². The highest BCUT2D eigenvalue weighted by Gasteiger charge is 2.10. The molecular weight excluding hydrogens is 210 g/mol. The maximum atomic E-state index is 5.59. The summed E-state index contributed by atoms with van der Waals surface area (Å²) in [5, 5.41) is 0. The van der Waals surface area contributed by atoms with Gasteiger partial charge >= 0.3 is 0 Å². The summed E-state index contributed by atoms with van der Waals surface area (Å²) in [6.07, 6.45) is 1.73. The van der Waals surface area contributed by atoms with E-state index in [4.69, 9.17) is 5.73 Å². The summed E-state index contributed by atoms with van der Waals surface area (Å²) in [4.78, 5) is 4.68. The maximum absolute atomic E-state index is 5.59. The molecule has 0 aliphatic heterocycles. The fourth-order valence-corrected chi connectivity index (χ4v) is 2.01. The smallest absolute Gasteiger partial charge is 0.110 e. The lowest BCUT2D eigenvalue weighted by Gasteiger charge is -2.01. The van der Waals surface area contributed by atoms with Gasteiger partial charge in [0.2, 0.25) is 0 Å². The molecule has 0 bridgehead atoms. The van der Waals surface area contributed by atoms with E-state index in [0.717, 1.165) is 24.4 Å². The van der Waals surface area contributed by atoms with Gasteiger partial charge < -0.3 is 10.3 Å². The molecule has 0 aliphatic carbocycles. The summed E-state index contributed by atoms with van der Waals surface area (Å²) in [6, 6.07) is 10.4. The van der Waals surface area contributed by atoms with Gasteiger partial charge in [0, 0.05) is 25.6 Å². The van der Waals surface area contributed by atoms with E-state index < -0.39 is 0 Å². The number of nitrogens with zero attached hydrogens (tertiary/aromatic N) is 2. The summed E-state index contributed by atoms with van der Waals surface area (Å²) in [7, 11) is 2.06. The van der Waals surface area contributed by atoms with Crippen molar-refractivity contribution in [3.63, 3.8) is 0 Å². The van der Waals surface area contributed by atoms with Crippen LogP contribution in [0.4, 0.5) is 0 Å². The molecule has 3 nitrogen and oxygen atoms in total. The van der Waals surface area contributed by atoms with Crippen LogP contribution in [-0.2, 0) is 19.9 Å². The number of hydrogen-bond acceptors (Lipinski definition) is 2. The average Bonchev–Trinajstić information content (AvgIpc) is 2.60. The van der Waals surface area contributed by atoms with Crippen molar-refractivity contribution in [2.75, 3.05) is 6.54 Å². The van der Waals surface area contributed by atoms with Gasteiger partial charge in [0.15, 0.2) is 0 Å². The Labute approximate surface area is 102 Å². The Morgan fingerprint density at radius 2 is 1.94 bits per heavy atom. The summed E-state index contributed by atoms with van der Waals surface area (Å²) in [5.41, 5.74) is 9.28. The van der Waals surface area contributed by atoms with Gasteiger partial charge in [-0.1, -0.05) is 30.3 Å². The van der Waals surface area contributed by atoms with Crippen LogP contribution in [0.15, 0.2) is 30.3 Å². The van der Waals surface area contributed by atoms with Crippen molar-refractivity contribution in [3.8, 4) is 0 Å². The van der Waals surface area contributed by atoms with Crippen LogP contribution in [0.25, 0.3) is 0 Å². The predicted molar refractivity (Wildman–Crippen MR) is 70.0 cm³/mol. The minimum atomic E-state index is 0.648. The van der Waals surface area contributed by atoms with E-state index in [9.17, 15) is 0 Å². The first-order valence-corrected chi connectivity index (χ1v) is 5.97. The molecule has 1 aromatic carbocycles. The molecular formula is C14H19N3. The zero-order chi connectivity index (χ0) is 12.3. The Hall–Kier alpha value is -1.61. The molecule has 0 unspecified atom stereocenters. The first-order valence-electron chi connectivity index (χ1n) is 5.97. The van der Waals surface area contributed by atoms with E-state index in [1.165, 1.54) is 11.3 Å². The number of aromatic nitrogens is 2. The van der Waals surface area contributed by atoms with Gasteiger partial charge in [-0.25, -0.2) is 4.98 Å². The maximum Gasteiger partial charge on any atom is 0.110 e. The van der Waals surface area contributed by atoms with Crippen molar-refractivity contribution in [3.05, 3.63) is 53.1 Å². The fourth-order valence-electron chi connectivity index (χ4n) is 2.01. The zero-order valence-electron chi connectivity index (χ0n) is 10.5. The molecule has 0 spiro atoms. The second kappa shape index (κ2) is 5.15.